The van der Waals surface area contributed by atoms with Crippen LogP contribution in [0.3, 0.4) is 0 Å². The fraction of sp³-hybridized carbons (Fsp3) is 0.333. The maximum Gasteiger partial charge on any atom is 0.264 e. The summed E-state index contributed by atoms with van der Waals surface area (Å²) in [5.74, 6) is 1.23. The minimum atomic E-state index is -3.85. The highest BCUT2D eigenvalue weighted by atomic mass is 35.5. The lowest BCUT2D eigenvalue weighted by Gasteiger charge is -2.11. The summed E-state index contributed by atoms with van der Waals surface area (Å²) in [5.41, 5.74) is 2.81. The Hall–Kier alpha value is -2.32. The van der Waals surface area contributed by atoms with Crippen molar-refractivity contribution < 1.29 is 12.8 Å². The number of nitrogens with zero attached hydrogens (tertiary/aromatic N) is 2. The van der Waals surface area contributed by atoms with E-state index in [-0.39, 0.29) is 4.90 Å². The molecule has 1 aliphatic rings. The van der Waals surface area contributed by atoms with Crippen molar-refractivity contribution in [2.75, 3.05) is 4.72 Å². The molecule has 0 unspecified atom stereocenters. The number of benzene rings is 1. The first-order valence-electron chi connectivity index (χ1n) is 8.58. The van der Waals surface area contributed by atoms with Crippen LogP contribution in [0.25, 0.3) is 11.6 Å². The van der Waals surface area contributed by atoms with Crippen molar-refractivity contribution in [2.45, 2.75) is 44.4 Å². The number of hydrogen-bond donors (Lipinski definition) is 2. The summed E-state index contributed by atoms with van der Waals surface area (Å²) in [4.78, 5) is 3.22. The Morgan fingerprint density at radius 1 is 1.22 bits per heavy atom. The highest BCUT2D eigenvalue weighted by Gasteiger charge is 2.31. The van der Waals surface area contributed by atoms with Gasteiger partial charge in [0, 0.05) is 17.2 Å². The molecule has 0 radical (unpaired) electrons. The molecule has 2 heterocycles. The maximum atomic E-state index is 13.0. The third-order valence-electron chi connectivity index (χ3n) is 4.59. The molecule has 27 heavy (non-hydrogen) atoms. The number of hydrogen-bond acceptors (Lipinski definition) is 5. The molecule has 0 saturated heterocycles. The van der Waals surface area contributed by atoms with E-state index in [4.69, 9.17) is 16.0 Å². The van der Waals surface area contributed by atoms with Crippen molar-refractivity contribution >= 4 is 27.3 Å². The maximum absolute atomic E-state index is 13.0. The van der Waals surface area contributed by atoms with Gasteiger partial charge in [-0.2, -0.15) is 0 Å². The molecule has 2 N–H and O–H groups in total. The van der Waals surface area contributed by atoms with Crippen molar-refractivity contribution in [3.05, 3.63) is 45.9 Å². The largest absolute Gasteiger partial charge is 0.419 e. The van der Waals surface area contributed by atoms with E-state index < -0.39 is 10.0 Å². The van der Waals surface area contributed by atoms with Gasteiger partial charge >= 0.3 is 0 Å². The highest BCUT2D eigenvalue weighted by Crippen LogP contribution is 2.40. The summed E-state index contributed by atoms with van der Waals surface area (Å²) < 4.78 is 34.3. The van der Waals surface area contributed by atoms with E-state index in [2.05, 4.69) is 19.9 Å². The van der Waals surface area contributed by atoms with Crippen LogP contribution < -0.4 is 4.72 Å². The number of sulfonamides is 1. The number of aryl methyl sites for hydroxylation is 2. The van der Waals surface area contributed by atoms with Crippen LogP contribution >= 0.6 is 11.6 Å². The van der Waals surface area contributed by atoms with Gasteiger partial charge in [-0.05, 0) is 51.3 Å². The number of anilines is 1. The molecule has 7 nitrogen and oxygen atoms in total. The molecule has 1 aliphatic carbocycles. The molecular weight excluding hydrogens is 388 g/mol. The Morgan fingerprint density at radius 2 is 1.96 bits per heavy atom. The molecule has 4 rings (SSSR count). The zero-order valence-corrected chi connectivity index (χ0v) is 16.7. The lowest BCUT2D eigenvalue weighted by molar-refractivity contribution is 0.507. The number of H-pyrrole nitrogens is 1. The minimum absolute atomic E-state index is 0.153. The molecule has 142 valence electrons. The molecule has 2 aromatic heterocycles. The highest BCUT2D eigenvalue weighted by molar-refractivity contribution is 7.92. The first-order valence-corrected chi connectivity index (χ1v) is 10.4. The van der Waals surface area contributed by atoms with Gasteiger partial charge in [0.15, 0.2) is 0 Å². The number of rotatable bonds is 5. The van der Waals surface area contributed by atoms with Crippen molar-refractivity contribution in [1.82, 2.24) is 15.2 Å². The van der Waals surface area contributed by atoms with Crippen LogP contribution in [0.4, 0.5) is 5.69 Å². The molecule has 0 atom stereocenters. The lowest BCUT2D eigenvalue weighted by Crippen LogP contribution is -2.14. The van der Waals surface area contributed by atoms with E-state index in [0.29, 0.717) is 45.4 Å². The van der Waals surface area contributed by atoms with E-state index >= 15 is 0 Å². The van der Waals surface area contributed by atoms with Gasteiger partial charge in [-0.1, -0.05) is 17.7 Å². The Labute approximate surface area is 162 Å². The normalized spacial score (nSPS) is 14.5. The summed E-state index contributed by atoms with van der Waals surface area (Å²) in [7, 11) is -3.85. The molecule has 0 amide bonds. The smallest absolute Gasteiger partial charge is 0.264 e. The lowest BCUT2D eigenvalue weighted by atomic mass is 10.2. The van der Waals surface area contributed by atoms with Crippen LogP contribution in [-0.4, -0.2) is 23.6 Å². The molecule has 0 spiro atoms. The molecule has 1 saturated carbocycles. The van der Waals surface area contributed by atoms with Crippen molar-refractivity contribution in [3.8, 4) is 11.6 Å². The van der Waals surface area contributed by atoms with Crippen LogP contribution in [0.5, 0.6) is 0 Å². The topological polar surface area (TPSA) is 101 Å². The number of halogens is 1. The summed E-state index contributed by atoms with van der Waals surface area (Å²) >= 11 is 6.17. The quantitative estimate of drug-likeness (QED) is 0.657. The molecular formula is C18H19ClN4O3S. The standard InChI is InChI=1S/C18H19ClN4O3S/c1-9-4-7-14(13(19)8-9)23-27(24,25)16-10(2)15(20-11(16)3)18-22-21-17(26-18)12-5-6-12/h4,7-8,12,20,23H,5-6H2,1-3H3. The summed E-state index contributed by atoms with van der Waals surface area (Å²) in [6.07, 6.45) is 2.09. The summed E-state index contributed by atoms with van der Waals surface area (Å²) in [5, 5.41) is 8.48. The molecule has 0 bridgehead atoms. The van der Waals surface area contributed by atoms with Gasteiger partial charge in [0.1, 0.15) is 10.6 Å². The van der Waals surface area contributed by atoms with Gasteiger partial charge in [-0.25, -0.2) is 8.42 Å². The van der Waals surface area contributed by atoms with Crippen molar-refractivity contribution in [3.63, 3.8) is 0 Å². The molecule has 3 aromatic rings. The van der Waals surface area contributed by atoms with E-state index in [1.165, 1.54) is 0 Å². The number of aromatic amines is 1. The SMILES string of the molecule is Cc1ccc(NS(=O)(=O)c2c(C)[nH]c(-c3nnc(C4CC4)o3)c2C)c(Cl)c1. The fourth-order valence-electron chi connectivity index (χ4n) is 3.08. The Bertz CT molecular complexity index is 1130. The zero-order chi connectivity index (χ0) is 19.3. The van der Waals surface area contributed by atoms with Gasteiger partial charge < -0.3 is 9.40 Å². The Morgan fingerprint density at radius 3 is 2.63 bits per heavy atom. The van der Waals surface area contributed by atoms with Gasteiger partial charge in [0.2, 0.25) is 5.89 Å². The average Bonchev–Trinajstić information content (AvgIpc) is 3.23. The molecule has 1 aromatic carbocycles. The predicted octanol–water partition coefficient (Wildman–Crippen LogP) is 4.32. The van der Waals surface area contributed by atoms with Crippen LogP contribution in [0.2, 0.25) is 5.02 Å². The first kappa shape index (κ1) is 18.1. The van der Waals surface area contributed by atoms with Gasteiger partial charge in [-0.15, -0.1) is 10.2 Å². The van der Waals surface area contributed by atoms with E-state index in [9.17, 15) is 8.42 Å². The Balaban J connectivity index is 1.71. The van der Waals surface area contributed by atoms with E-state index in [1.807, 2.05) is 6.92 Å². The van der Waals surface area contributed by atoms with Gasteiger partial charge in [0.05, 0.1) is 10.7 Å². The number of nitrogens with one attached hydrogen (secondary N) is 2. The van der Waals surface area contributed by atoms with Crippen molar-refractivity contribution in [1.29, 1.82) is 0 Å². The minimum Gasteiger partial charge on any atom is -0.419 e. The zero-order valence-electron chi connectivity index (χ0n) is 15.1. The second-order valence-corrected chi connectivity index (χ2v) is 8.91. The predicted molar refractivity (Wildman–Crippen MR) is 103 cm³/mol. The van der Waals surface area contributed by atoms with Crippen LogP contribution in [0.1, 0.15) is 41.5 Å². The van der Waals surface area contributed by atoms with Crippen LogP contribution in [-0.2, 0) is 10.0 Å². The van der Waals surface area contributed by atoms with Gasteiger partial charge in [0.25, 0.3) is 15.9 Å². The second-order valence-electron chi connectivity index (χ2n) is 6.89. The van der Waals surface area contributed by atoms with E-state index in [1.54, 1.807) is 32.0 Å². The summed E-state index contributed by atoms with van der Waals surface area (Å²) in [6, 6.07) is 5.15. The average molecular weight is 407 g/mol. The number of aromatic nitrogens is 3. The van der Waals surface area contributed by atoms with Gasteiger partial charge in [-0.3, -0.25) is 4.72 Å². The first-order chi connectivity index (χ1) is 12.8. The monoisotopic (exact) mass is 406 g/mol. The third kappa shape index (κ3) is 3.35. The van der Waals surface area contributed by atoms with Crippen LogP contribution in [0.15, 0.2) is 27.5 Å². The third-order valence-corrected chi connectivity index (χ3v) is 6.54. The fourth-order valence-corrected chi connectivity index (χ4v) is 4.95. The molecule has 0 aliphatic heterocycles. The molecule has 1 fully saturated rings. The van der Waals surface area contributed by atoms with Crippen LogP contribution in [0, 0.1) is 20.8 Å². The van der Waals surface area contributed by atoms with Crippen molar-refractivity contribution in [2.24, 2.45) is 0 Å². The summed E-state index contributed by atoms with van der Waals surface area (Å²) in [6.45, 7) is 5.29. The molecule has 9 heteroatoms. The Kier molecular flexibility index (Phi) is 4.27. The van der Waals surface area contributed by atoms with E-state index in [0.717, 1.165) is 18.4 Å². The second kappa shape index (κ2) is 6.38.